The summed E-state index contributed by atoms with van der Waals surface area (Å²) in [5, 5.41) is 3.43. The number of hydrogen-bond acceptors (Lipinski definition) is 3. The summed E-state index contributed by atoms with van der Waals surface area (Å²) in [4.78, 5) is 0. The van der Waals surface area contributed by atoms with Gasteiger partial charge in [0.2, 0.25) is 5.88 Å². The predicted molar refractivity (Wildman–Crippen MR) is 51.0 cm³/mol. The van der Waals surface area contributed by atoms with Crippen molar-refractivity contribution in [3.05, 3.63) is 35.1 Å². The number of rotatable bonds is 1. The molecule has 84 valence electrons. The van der Waals surface area contributed by atoms with E-state index < -0.39 is 23.0 Å². The van der Waals surface area contributed by atoms with Gasteiger partial charge in [0.25, 0.3) is 0 Å². The minimum atomic E-state index is -1.05. The number of benzene rings is 1. The Labute approximate surface area is 88.7 Å². The monoisotopic (exact) mass is 228 g/mol. The number of aromatic nitrogens is 1. The molecule has 0 spiro atoms. The summed E-state index contributed by atoms with van der Waals surface area (Å²) in [7, 11) is 0. The van der Waals surface area contributed by atoms with E-state index in [0.29, 0.717) is 17.7 Å². The third-order valence-corrected chi connectivity index (χ3v) is 2.20. The zero-order chi connectivity index (χ0) is 11.9. The zero-order valence-electron chi connectivity index (χ0n) is 8.22. The number of hydrogen-bond donors (Lipinski definition) is 1. The summed E-state index contributed by atoms with van der Waals surface area (Å²) in [6, 6.07) is 1.14. The second-order valence-corrected chi connectivity index (χ2v) is 3.26. The van der Waals surface area contributed by atoms with Crippen molar-refractivity contribution >= 4 is 5.88 Å². The van der Waals surface area contributed by atoms with E-state index in [1.54, 1.807) is 0 Å². The van der Waals surface area contributed by atoms with Crippen LogP contribution in [0.2, 0.25) is 0 Å². The highest BCUT2D eigenvalue weighted by atomic mass is 19.1. The Kier molecular flexibility index (Phi) is 2.34. The Hall–Kier alpha value is -1.98. The lowest BCUT2D eigenvalue weighted by molar-refractivity contribution is 0.437. The van der Waals surface area contributed by atoms with E-state index in [1.807, 2.05) is 0 Å². The largest absolute Gasteiger partial charge is 0.367 e. The lowest BCUT2D eigenvalue weighted by atomic mass is 10.1. The Balaban J connectivity index is 2.69. The Morgan fingerprint density at radius 2 is 1.75 bits per heavy atom. The second kappa shape index (κ2) is 3.55. The Bertz CT molecular complexity index is 528. The summed E-state index contributed by atoms with van der Waals surface area (Å²) >= 11 is 0. The summed E-state index contributed by atoms with van der Waals surface area (Å²) < 4.78 is 44.0. The molecule has 0 radical (unpaired) electrons. The fourth-order valence-corrected chi connectivity index (χ4v) is 1.35. The summed E-state index contributed by atoms with van der Waals surface area (Å²) in [6.45, 7) is 1.50. The van der Waals surface area contributed by atoms with Gasteiger partial charge in [0, 0.05) is 17.7 Å². The van der Waals surface area contributed by atoms with Crippen molar-refractivity contribution in [2.45, 2.75) is 6.92 Å². The van der Waals surface area contributed by atoms with Gasteiger partial charge >= 0.3 is 0 Å². The van der Waals surface area contributed by atoms with Crippen molar-refractivity contribution in [3.8, 4) is 11.3 Å². The molecular formula is C10H7F3N2O. The average molecular weight is 228 g/mol. The van der Waals surface area contributed by atoms with Crippen LogP contribution < -0.4 is 5.73 Å². The van der Waals surface area contributed by atoms with E-state index in [-0.39, 0.29) is 11.6 Å². The third kappa shape index (κ3) is 1.52. The van der Waals surface area contributed by atoms with Crippen molar-refractivity contribution in [1.82, 2.24) is 5.16 Å². The normalized spacial score (nSPS) is 10.8. The number of anilines is 1. The van der Waals surface area contributed by atoms with Crippen LogP contribution in [-0.2, 0) is 0 Å². The first-order valence-electron chi connectivity index (χ1n) is 4.37. The Morgan fingerprint density at radius 1 is 1.19 bits per heavy atom. The summed E-state index contributed by atoms with van der Waals surface area (Å²) in [5.41, 5.74) is 5.16. The van der Waals surface area contributed by atoms with Crippen LogP contribution in [0.25, 0.3) is 11.3 Å². The van der Waals surface area contributed by atoms with Crippen LogP contribution in [0.15, 0.2) is 16.7 Å². The third-order valence-electron chi connectivity index (χ3n) is 2.20. The molecule has 0 unspecified atom stereocenters. The molecule has 1 aromatic carbocycles. The van der Waals surface area contributed by atoms with Gasteiger partial charge in [-0.15, -0.1) is 0 Å². The molecule has 0 saturated heterocycles. The van der Waals surface area contributed by atoms with E-state index >= 15 is 0 Å². The molecule has 2 aromatic rings. The molecule has 0 amide bonds. The van der Waals surface area contributed by atoms with E-state index in [1.165, 1.54) is 6.92 Å². The Morgan fingerprint density at radius 3 is 2.19 bits per heavy atom. The molecule has 0 atom stereocenters. The van der Waals surface area contributed by atoms with Gasteiger partial charge < -0.3 is 10.3 Å². The number of halogens is 3. The van der Waals surface area contributed by atoms with E-state index in [2.05, 4.69) is 9.68 Å². The molecule has 1 aromatic heterocycles. The minimum absolute atomic E-state index is 0.0295. The molecule has 16 heavy (non-hydrogen) atoms. The summed E-state index contributed by atoms with van der Waals surface area (Å²) in [6.07, 6.45) is 0. The van der Waals surface area contributed by atoms with Crippen molar-refractivity contribution in [3.63, 3.8) is 0 Å². The first-order valence-corrected chi connectivity index (χ1v) is 4.37. The van der Waals surface area contributed by atoms with E-state index in [9.17, 15) is 13.2 Å². The predicted octanol–water partition coefficient (Wildman–Crippen LogP) is 2.65. The van der Waals surface area contributed by atoms with Crippen molar-refractivity contribution in [1.29, 1.82) is 0 Å². The van der Waals surface area contributed by atoms with Gasteiger partial charge in [-0.25, -0.2) is 13.2 Å². The van der Waals surface area contributed by atoms with Gasteiger partial charge in [-0.1, -0.05) is 5.16 Å². The van der Waals surface area contributed by atoms with E-state index in [4.69, 9.17) is 5.73 Å². The van der Waals surface area contributed by atoms with Gasteiger partial charge in [-0.3, -0.25) is 0 Å². The van der Waals surface area contributed by atoms with Crippen LogP contribution in [0.1, 0.15) is 5.56 Å². The smallest absolute Gasteiger partial charge is 0.225 e. The molecule has 0 fully saturated rings. The molecule has 0 aliphatic rings. The first kappa shape index (κ1) is 10.5. The standard InChI is InChI=1S/C10H7F3N2O/c1-4-9(15-16-10(4)14)8-6(12)2-5(11)3-7(8)13/h2-3H,14H2,1H3. The van der Waals surface area contributed by atoms with Crippen molar-refractivity contribution < 1.29 is 17.7 Å². The maximum Gasteiger partial charge on any atom is 0.225 e. The maximum absolute atomic E-state index is 13.4. The van der Waals surface area contributed by atoms with Crippen LogP contribution in [0.5, 0.6) is 0 Å². The molecule has 2 N–H and O–H groups in total. The highest BCUT2D eigenvalue weighted by Crippen LogP contribution is 2.30. The van der Waals surface area contributed by atoms with Crippen LogP contribution in [0.3, 0.4) is 0 Å². The molecule has 0 bridgehead atoms. The summed E-state index contributed by atoms with van der Waals surface area (Å²) in [5.74, 6) is -3.12. The first-order chi connectivity index (χ1) is 7.50. The van der Waals surface area contributed by atoms with Gasteiger partial charge in [0.1, 0.15) is 23.1 Å². The van der Waals surface area contributed by atoms with Gasteiger partial charge in [0.15, 0.2) is 0 Å². The highest BCUT2D eigenvalue weighted by molar-refractivity contribution is 5.67. The van der Waals surface area contributed by atoms with Gasteiger partial charge in [-0.05, 0) is 6.92 Å². The zero-order valence-corrected chi connectivity index (χ0v) is 8.22. The minimum Gasteiger partial charge on any atom is -0.367 e. The lowest BCUT2D eigenvalue weighted by Crippen LogP contribution is -1.94. The van der Waals surface area contributed by atoms with Crippen LogP contribution in [-0.4, -0.2) is 5.16 Å². The lowest BCUT2D eigenvalue weighted by Gasteiger charge is -2.02. The molecule has 0 aliphatic heterocycles. The SMILES string of the molecule is Cc1c(-c2c(F)cc(F)cc2F)noc1N. The quantitative estimate of drug-likeness (QED) is 0.816. The topological polar surface area (TPSA) is 52.0 Å². The number of nitrogens with zero attached hydrogens (tertiary/aromatic N) is 1. The second-order valence-electron chi connectivity index (χ2n) is 3.26. The van der Waals surface area contributed by atoms with Crippen molar-refractivity contribution in [2.75, 3.05) is 5.73 Å². The molecule has 1 heterocycles. The highest BCUT2D eigenvalue weighted by Gasteiger charge is 2.20. The van der Waals surface area contributed by atoms with Crippen molar-refractivity contribution in [2.24, 2.45) is 0 Å². The molecule has 0 aliphatic carbocycles. The number of nitrogens with two attached hydrogens (primary N) is 1. The molecular weight excluding hydrogens is 221 g/mol. The van der Waals surface area contributed by atoms with E-state index in [0.717, 1.165) is 0 Å². The molecule has 0 saturated carbocycles. The fourth-order valence-electron chi connectivity index (χ4n) is 1.35. The maximum atomic E-state index is 13.4. The fraction of sp³-hybridized carbons (Fsp3) is 0.100. The molecule has 3 nitrogen and oxygen atoms in total. The van der Waals surface area contributed by atoms with Crippen LogP contribution in [0, 0.1) is 24.4 Å². The number of nitrogen functional groups attached to an aromatic ring is 1. The average Bonchev–Trinajstić information content (AvgIpc) is 2.48. The van der Waals surface area contributed by atoms with Gasteiger partial charge in [-0.2, -0.15) is 0 Å². The molecule has 6 heteroatoms. The molecule has 2 rings (SSSR count). The van der Waals surface area contributed by atoms with Crippen LogP contribution >= 0.6 is 0 Å². The van der Waals surface area contributed by atoms with Crippen LogP contribution in [0.4, 0.5) is 19.1 Å². The van der Waals surface area contributed by atoms with Gasteiger partial charge in [0.05, 0.1) is 5.56 Å².